The molecule has 0 unspecified atom stereocenters. The normalized spacial score (nSPS) is 10.6. The second-order valence-corrected chi connectivity index (χ2v) is 5.19. The number of aliphatic carboxylic acids is 3. The highest BCUT2D eigenvalue weighted by Gasteiger charge is 2.14. The molecule has 3 amide bonds. The summed E-state index contributed by atoms with van der Waals surface area (Å²) in [6.07, 6.45) is 2.86. The quantitative estimate of drug-likeness (QED) is 0.188. The monoisotopic (exact) mass is 415 g/mol. The van der Waals surface area contributed by atoms with Gasteiger partial charge in [-0.15, -0.1) is 0 Å². The van der Waals surface area contributed by atoms with Gasteiger partial charge in [-0.25, -0.2) is 14.4 Å². The number of carbonyl (C=O) groups is 6. The van der Waals surface area contributed by atoms with E-state index in [-0.39, 0.29) is 26.2 Å². The molecule has 160 valence electrons. The van der Waals surface area contributed by atoms with Crippen LogP contribution in [0, 0.1) is 0 Å². The van der Waals surface area contributed by atoms with Crippen LogP contribution in [0.5, 0.6) is 0 Å². The fourth-order valence-corrected chi connectivity index (χ4v) is 1.72. The Hall–Kier alpha value is -3.74. The first-order valence-electron chi connectivity index (χ1n) is 8.06. The average molecular weight is 415 g/mol. The lowest BCUT2D eigenvalue weighted by Gasteiger charge is -2.22. The van der Waals surface area contributed by atoms with Gasteiger partial charge < -0.3 is 35.6 Å². The van der Waals surface area contributed by atoms with Gasteiger partial charge in [-0.3, -0.25) is 14.4 Å². The third-order valence-corrected chi connectivity index (χ3v) is 2.92. The third kappa shape index (κ3) is 15.1. The second-order valence-electron chi connectivity index (χ2n) is 5.19. The number of nitrogens with zero attached hydrogens (tertiary/aromatic N) is 1. The molecule has 0 aliphatic carbocycles. The van der Waals surface area contributed by atoms with Crippen LogP contribution in [0.2, 0.25) is 0 Å². The van der Waals surface area contributed by atoms with E-state index in [9.17, 15) is 28.8 Å². The summed E-state index contributed by atoms with van der Waals surface area (Å²) in [4.78, 5) is 67.2. The van der Waals surface area contributed by atoms with Gasteiger partial charge in [0.15, 0.2) is 0 Å². The van der Waals surface area contributed by atoms with E-state index in [4.69, 9.17) is 20.1 Å². The topological polar surface area (TPSA) is 200 Å². The number of rotatable bonds is 14. The van der Waals surface area contributed by atoms with Crippen LogP contribution < -0.4 is 10.6 Å². The zero-order chi connectivity index (χ0) is 22.2. The van der Waals surface area contributed by atoms with E-state index in [1.54, 1.807) is 0 Å². The Morgan fingerprint density at radius 2 is 1.17 bits per heavy atom. The van der Waals surface area contributed by atoms with Crippen molar-refractivity contribution in [2.24, 2.45) is 0 Å². The van der Waals surface area contributed by atoms with Crippen LogP contribution in [-0.2, 0) is 33.5 Å². The maximum Gasteiger partial charge on any atom is 0.329 e. The smallest absolute Gasteiger partial charge is 0.329 e. The summed E-state index contributed by atoms with van der Waals surface area (Å²) in [7, 11) is 0. The Bertz CT molecular complexity index is 644. The maximum absolute atomic E-state index is 12.1. The van der Waals surface area contributed by atoms with E-state index in [0.717, 1.165) is 12.2 Å². The first-order valence-corrected chi connectivity index (χ1v) is 8.06. The molecule has 5 N–H and O–H groups in total. The highest BCUT2D eigenvalue weighted by Crippen LogP contribution is 1.92. The summed E-state index contributed by atoms with van der Waals surface area (Å²) in [5, 5.41) is 30.1. The summed E-state index contributed by atoms with van der Waals surface area (Å²) in [6.45, 7) is -1.43. The van der Waals surface area contributed by atoms with Crippen molar-refractivity contribution in [1.29, 1.82) is 0 Å². The lowest BCUT2D eigenvalue weighted by molar-refractivity contribution is -0.146. The molecule has 0 radical (unpaired) electrons. The van der Waals surface area contributed by atoms with Gasteiger partial charge in [0.2, 0.25) is 17.7 Å². The minimum atomic E-state index is -1.31. The van der Waals surface area contributed by atoms with Crippen molar-refractivity contribution in [1.82, 2.24) is 15.5 Å². The predicted octanol–water partition coefficient (Wildman–Crippen LogP) is -2.57. The van der Waals surface area contributed by atoms with Crippen LogP contribution in [0.15, 0.2) is 24.3 Å². The number of hydrogen-bond acceptors (Lipinski definition) is 7. The SMILES string of the molecule is O=C(O)/C=C\C(=O)NCCN(CCNC(=O)/C=C\C(=O)O)C(=O)COCC(=O)O. The van der Waals surface area contributed by atoms with Crippen LogP contribution >= 0.6 is 0 Å². The van der Waals surface area contributed by atoms with Gasteiger partial charge in [0, 0.05) is 50.5 Å². The number of carboxylic acids is 3. The van der Waals surface area contributed by atoms with Crippen LogP contribution in [0.3, 0.4) is 0 Å². The summed E-state index contributed by atoms with van der Waals surface area (Å²) >= 11 is 0. The Balaban J connectivity index is 4.62. The Morgan fingerprint density at radius 1 is 0.724 bits per heavy atom. The number of carbonyl (C=O) groups excluding carboxylic acids is 3. The summed E-state index contributed by atoms with van der Waals surface area (Å²) < 4.78 is 4.70. The molecule has 0 atom stereocenters. The molecule has 0 aromatic carbocycles. The van der Waals surface area contributed by atoms with Gasteiger partial charge in [-0.2, -0.15) is 0 Å². The molecule has 29 heavy (non-hydrogen) atoms. The lowest BCUT2D eigenvalue weighted by Crippen LogP contribution is -2.44. The van der Waals surface area contributed by atoms with Gasteiger partial charge in [0.25, 0.3) is 0 Å². The van der Waals surface area contributed by atoms with Gasteiger partial charge in [-0.05, 0) is 0 Å². The van der Waals surface area contributed by atoms with Crippen molar-refractivity contribution in [2.45, 2.75) is 0 Å². The standard InChI is InChI=1S/C16H21N3O10/c20-11(1-3-14(23)24)17-5-7-19(13(22)9-29-10-16(27)28)8-6-18-12(21)2-4-15(25)26/h1-4H,5-10H2,(H,17,20)(H,18,21)(H,23,24)(H,25,26)(H,27,28)/b3-1-,4-2-. The van der Waals surface area contributed by atoms with Crippen molar-refractivity contribution in [2.75, 3.05) is 39.4 Å². The van der Waals surface area contributed by atoms with Crippen molar-refractivity contribution in [3.63, 3.8) is 0 Å². The van der Waals surface area contributed by atoms with Gasteiger partial charge >= 0.3 is 17.9 Å². The number of hydrogen-bond donors (Lipinski definition) is 5. The van der Waals surface area contributed by atoms with E-state index in [0.29, 0.717) is 12.2 Å². The molecular formula is C16H21N3O10. The lowest BCUT2D eigenvalue weighted by atomic mass is 10.4. The number of carboxylic acid groups (broad SMARTS) is 3. The number of nitrogens with one attached hydrogen (secondary N) is 2. The Kier molecular flexibility index (Phi) is 12.5. The largest absolute Gasteiger partial charge is 0.480 e. The van der Waals surface area contributed by atoms with Crippen molar-refractivity contribution < 1.29 is 48.8 Å². The van der Waals surface area contributed by atoms with E-state index in [1.165, 1.54) is 4.90 Å². The number of amides is 3. The van der Waals surface area contributed by atoms with E-state index < -0.39 is 48.8 Å². The average Bonchev–Trinajstić information content (AvgIpc) is 2.62. The minimum absolute atomic E-state index is 0.0389. The Morgan fingerprint density at radius 3 is 1.55 bits per heavy atom. The van der Waals surface area contributed by atoms with E-state index in [1.807, 2.05) is 0 Å². The molecule has 0 aromatic rings. The highest BCUT2D eigenvalue weighted by molar-refractivity contribution is 5.94. The summed E-state index contributed by atoms with van der Waals surface area (Å²) in [5.74, 6) is -5.89. The molecule has 0 aliphatic rings. The van der Waals surface area contributed by atoms with Crippen LogP contribution in [0.1, 0.15) is 0 Å². The molecule has 0 aromatic heterocycles. The molecule has 0 rings (SSSR count). The highest BCUT2D eigenvalue weighted by atomic mass is 16.5. The fraction of sp³-hybridized carbons (Fsp3) is 0.375. The van der Waals surface area contributed by atoms with Gasteiger partial charge in [-0.1, -0.05) is 0 Å². The predicted molar refractivity (Wildman–Crippen MR) is 94.6 cm³/mol. The van der Waals surface area contributed by atoms with Gasteiger partial charge in [0.1, 0.15) is 13.2 Å². The molecule has 13 heteroatoms. The van der Waals surface area contributed by atoms with Crippen LogP contribution in [-0.4, -0.2) is 95.2 Å². The minimum Gasteiger partial charge on any atom is -0.480 e. The zero-order valence-corrected chi connectivity index (χ0v) is 15.2. The molecule has 0 aliphatic heterocycles. The molecule has 0 bridgehead atoms. The molecule has 0 spiro atoms. The van der Waals surface area contributed by atoms with Crippen molar-refractivity contribution in [3.8, 4) is 0 Å². The van der Waals surface area contributed by atoms with E-state index >= 15 is 0 Å². The molecule has 0 saturated carbocycles. The van der Waals surface area contributed by atoms with Crippen molar-refractivity contribution >= 4 is 35.6 Å². The van der Waals surface area contributed by atoms with E-state index in [2.05, 4.69) is 10.6 Å². The third-order valence-electron chi connectivity index (χ3n) is 2.92. The number of ether oxygens (including phenoxy) is 1. The maximum atomic E-state index is 12.1. The molecule has 0 saturated heterocycles. The molecular weight excluding hydrogens is 394 g/mol. The Labute approximate surface area is 164 Å². The summed E-state index contributed by atoms with van der Waals surface area (Å²) in [6, 6.07) is 0. The first kappa shape index (κ1) is 25.3. The fourth-order valence-electron chi connectivity index (χ4n) is 1.72. The zero-order valence-electron chi connectivity index (χ0n) is 15.2. The van der Waals surface area contributed by atoms with Crippen molar-refractivity contribution in [3.05, 3.63) is 24.3 Å². The molecule has 0 heterocycles. The van der Waals surface area contributed by atoms with Crippen LogP contribution in [0.4, 0.5) is 0 Å². The molecule has 0 fully saturated rings. The second kappa shape index (κ2) is 14.3. The first-order chi connectivity index (χ1) is 13.6. The van der Waals surface area contributed by atoms with Gasteiger partial charge in [0.05, 0.1) is 0 Å². The summed E-state index contributed by atoms with van der Waals surface area (Å²) in [5.41, 5.74) is 0. The molecule has 13 nitrogen and oxygen atoms in total. The van der Waals surface area contributed by atoms with Crippen LogP contribution in [0.25, 0.3) is 0 Å².